The normalized spacial score (nSPS) is 29.3. The molecule has 0 aromatic heterocycles. The number of hydrogen-bond acceptors (Lipinski definition) is 4. The van der Waals surface area contributed by atoms with E-state index in [1.54, 1.807) is 4.90 Å². The molecule has 6 heteroatoms. The Kier molecular flexibility index (Phi) is 3.96. The first-order valence-electron chi connectivity index (χ1n) is 5.90. The Balaban J connectivity index is 1.83. The van der Waals surface area contributed by atoms with Gasteiger partial charge in [-0.3, -0.25) is 4.79 Å². The zero-order chi connectivity index (χ0) is 12.3. The third kappa shape index (κ3) is 3.17. The molecule has 0 radical (unpaired) electrons. The van der Waals surface area contributed by atoms with E-state index in [2.05, 4.69) is 0 Å². The van der Waals surface area contributed by atoms with E-state index in [0.29, 0.717) is 13.0 Å². The van der Waals surface area contributed by atoms with Crippen LogP contribution in [0.3, 0.4) is 0 Å². The van der Waals surface area contributed by atoms with Gasteiger partial charge in [-0.25, -0.2) is 4.79 Å². The van der Waals surface area contributed by atoms with Gasteiger partial charge >= 0.3 is 5.97 Å². The summed E-state index contributed by atoms with van der Waals surface area (Å²) >= 11 is 0. The van der Waals surface area contributed by atoms with Crippen molar-refractivity contribution in [1.82, 2.24) is 4.90 Å². The lowest BCUT2D eigenvalue weighted by Crippen LogP contribution is -2.49. The van der Waals surface area contributed by atoms with Crippen LogP contribution in [-0.2, 0) is 19.1 Å². The molecule has 2 atom stereocenters. The molecule has 2 rings (SSSR count). The molecular weight excluding hydrogens is 226 g/mol. The second-order valence-corrected chi connectivity index (χ2v) is 4.38. The van der Waals surface area contributed by atoms with Crippen LogP contribution in [0.15, 0.2) is 0 Å². The number of amides is 1. The van der Waals surface area contributed by atoms with Crippen LogP contribution in [0.1, 0.15) is 19.3 Å². The Morgan fingerprint density at radius 2 is 2.12 bits per heavy atom. The van der Waals surface area contributed by atoms with Crippen LogP contribution in [0.2, 0.25) is 0 Å². The highest BCUT2D eigenvalue weighted by Gasteiger charge is 2.30. The Hall–Kier alpha value is -1.14. The molecule has 0 unspecified atom stereocenters. The van der Waals surface area contributed by atoms with Gasteiger partial charge in [0.2, 0.25) is 5.91 Å². The molecule has 2 aliphatic heterocycles. The molecule has 0 bridgehead atoms. The summed E-state index contributed by atoms with van der Waals surface area (Å²) in [6.45, 7) is 1.61. The second-order valence-electron chi connectivity index (χ2n) is 4.38. The SMILES string of the molecule is O=C(O)[C@@H]1CN(C(=O)C[C@H]2CCCO2)CCO1. The smallest absolute Gasteiger partial charge is 0.334 e. The number of aliphatic carboxylic acids is 1. The van der Waals surface area contributed by atoms with Gasteiger partial charge in [0.05, 0.1) is 25.7 Å². The fourth-order valence-electron chi connectivity index (χ4n) is 2.15. The number of ether oxygens (including phenoxy) is 2. The van der Waals surface area contributed by atoms with Crippen LogP contribution in [0.25, 0.3) is 0 Å². The van der Waals surface area contributed by atoms with Crippen molar-refractivity contribution in [2.75, 3.05) is 26.3 Å². The summed E-state index contributed by atoms with van der Waals surface area (Å²) in [7, 11) is 0. The number of carboxylic acids is 1. The predicted octanol–water partition coefficient (Wildman–Crippen LogP) is -0.133. The fourth-order valence-corrected chi connectivity index (χ4v) is 2.15. The van der Waals surface area contributed by atoms with E-state index in [9.17, 15) is 9.59 Å². The summed E-state index contributed by atoms with van der Waals surface area (Å²) in [4.78, 5) is 24.3. The highest BCUT2D eigenvalue weighted by Crippen LogP contribution is 2.17. The molecule has 2 saturated heterocycles. The lowest BCUT2D eigenvalue weighted by Gasteiger charge is -2.31. The van der Waals surface area contributed by atoms with E-state index in [4.69, 9.17) is 14.6 Å². The van der Waals surface area contributed by atoms with Crippen LogP contribution in [0, 0.1) is 0 Å². The van der Waals surface area contributed by atoms with Gasteiger partial charge in [-0.2, -0.15) is 0 Å². The highest BCUT2D eigenvalue weighted by molar-refractivity contribution is 5.79. The standard InChI is InChI=1S/C11H17NO5/c13-10(6-8-2-1-4-16-8)12-3-5-17-9(7-12)11(14)15/h8-9H,1-7H2,(H,14,15)/t8-,9+/m1/s1. The van der Waals surface area contributed by atoms with Gasteiger partial charge in [0, 0.05) is 13.2 Å². The number of rotatable bonds is 3. The summed E-state index contributed by atoms with van der Waals surface area (Å²) in [5, 5.41) is 8.83. The number of morpholine rings is 1. The van der Waals surface area contributed by atoms with Crippen molar-refractivity contribution in [3.8, 4) is 0 Å². The van der Waals surface area contributed by atoms with Crippen molar-refractivity contribution in [2.45, 2.75) is 31.5 Å². The van der Waals surface area contributed by atoms with Crippen molar-refractivity contribution >= 4 is 11.9 Å². The Bertz CT molecular complexity index is 300. The zero-order valence-electron chi connectivity index (χ0n) is 9.63. The molecule has 1 amide bonds. The lowest BCUT2D eigenvalue weighted by atomic mass is 10.1. The quantitative estimate of drug-likeness (QED) is 0.747. The number of nitrogens with zero attached hydrogens (tertiary/aromatic N) is 1. The molecule has 96 valence electrons. The molecule has 17 heavy (non-hydrogen) atoms. The maximum absolute atomic E-state index is 11.9. The maximum atomic E-state index is 11.9. The molecule has 2 heterocycles. The van der Waals surface area contributed by atoms with E-state index in [1.807, 2.05) is 0 Å². The third-order valence-corrected chi connectivity index (χ3v) is 3.12. The maximum Gasteiger partial charge on any atom is 0.334 e. The first-order chi connectivity index (χ1) is 8.16. The first-order valence-corrected chi connectivity index (χ1v) is 5.90. The van der Waals surface area contributed by atoms with Crippen LogP contribution in [-0.4, -0.2) is 60.4 Å². The Morgan fingerprint density at radius 1 is 1.29 bits per heavy atom. The van der Waals surface area contributed by atoms with Gasteiger partial charge in [0.1, 0.15) is 0 Å². The fraction of sp³-hybridized carbons (Fsp3) is 0.818. The third-order valence-electron chi connectivity index (χ3n) is 3.12. The van der Waals surface area contributed by atoms with Crippen LogP contribution >= 0.6 is 0 Å². The van der Waals surface area contributed by atoms with E-state index in [1.165, 1.54) is 0 Å². The van der Waals surface area contributed by atoms with E-state index in [-0.39, 0.29) is 25.2 Å². The molecule has 2 aliphatic rings. The molecule has 0 saturated carbocycles. The van der Waals surface area contributed by atoms with E-state index >= 15 is 0 Å². The van der Waals surface area contributed by atoms with Gasteiger partial charge in [-0.1, -0.05) is 0 Å². The molecule has 2 fully saturated rings. The minimum Gasteiger partial charge on any atom is -0.479 e. The average Bonchev–Trinajstić information content (AvgIpc) is 2.82. The van der Waals surface area contributed by atoms with E-state index in [0.717, 1.165) is 19.4 Å². The Morgan fingerprint density at radius 3 is 2.76 bits per heavy atom. The topological polar surface area (TPSA) is 76.1 Å². The summed E-state index contributed by atoms with van der Waals surface area (Å²) in [6, 6.07) is 0. The van der Waals surface area contributed by atoms with Gasteiger partial charge in [0.15, 0.2) is 6.10 Å². The highest BCUT2D eigenvalue weighted by atomic mass is 16.5. The molecule has 0 spiro atoms. The number of carbonyl (C=O) groups is 2. The molecule has 1 N–H and O–H groups in total. The van der Waals surface area contributed by atoms with Gasteiger partial charge in [-0.15, -0.1) is 0 Å². The van der Waals surface area contributed by atoms with Gasteiger partial charge < -0.3 is 19.5 Å². The van der Waals surface area contributed by atoms with Crippen molar-refractivity contribution in [1.29, 1.82) is 0 Å². The second kappa shape index (κ2) is 5.46. The molecule has 6 nitrogen and oxygen atoms in total. The minimum absolute atomic E-state index is 0.00798. The van der Waals surface area contributed by atoms with Crippen LogP contribution in [0.4, 0.5) is 0 Å². The minimum atomic E-state index is -1.01. The first kappa shape index (κ1) is 12.3. The van der Waals surface area contributed by atoms with Crippen LogP contribution < -0.4 is 0 Å². The summed E-state index contributed by atoms with van der Waals surface area (Å²) < 4.78 is 10.5. The number of hydrogen-bond donors (Lipinski definition) is 1. The van der Waals surface area contributed by atoms with Crippen molar-refractivity contribution in [2.24, 2.45) is 0 Å². The summed E-state index contributed by atoms with van der Waals surface area (Å²) in [5.74, 6) is -1.05. The van der Waals surface area contributed by atoms with E-state index < -0.39 is 12.1 Å². The average molecular weight is 243 g/mol. The summed E-state index contributed by atoms with van der Waals surface area (Å²) in [5.41, 5.74) is 0. The van der Waals surface area contributed by atoms with Crippen molar-refractivity contribution in [3.63, 3.8) is 0 Å². The van der Waals surface area contributed by atoms with Crippen molar-refractivity contribution < 1.29 is 24.2 Å². The molecular formula is C11H17NO5. The molecule has 0 aromatic rings. The largest absolute Gasteiger partial charge is 0.479 e. The molecule has 0 aromatic carbocycles. The van der Waals surface area contributed by atoms with Crippen LogP contribution in [0.5, 0.6) is 0 Å². The van der Waals surface area contributed by atoms with Crippen molar-refractivity contribution in [3.05, 3.63) is 0 Å². The lowest BCUT2D eigenvalue weighted by molar-refractivity contribution is -0.159. The number of carbonyl (C=O) groups excluding carboxylic acids is 1. The van der Waals surface area contributed by atoms with Gasteiger partial charge in [0.25, 0.3) is 0 Å². The molecule has 0 aliphatic carbocycles. The number of carboxylic acid groups (broad SMARTS) is 1. The summed E-state index contributed by atoms with van der Waals surface area (Å²) in [6.07, 6.45) is 1.38. The monoisotopic (exact) mass is 243 g/mol. The van der Waals surface area contributed by atoms with Gasteiger partial charge in [-0.05, 0) is 12.8 Å². The zero-order valence-corrected chi connectivity index (χ0v) is 9.63. The predicted molar refractivity (Wildman–Crippen MR) is 57.5 cm³/mol. The Labute approximate surface area is 99.5 Å².